The zero-order chi connectivity index (χ0) is 15.4. The van der Waals surface area contributed by atoms with Crippen LogP contribution in [0, 0.1) is 6.92 Å². The number of methoxy groups -OCH3 is 1. The minimum absolute atomic E-state index is 0.0942. The molecule has 0 aliphatic rings. The molecular weight excluding hydrogens is 272 g/mol. The molecule has 110 valence electrons. The van der Waals surface area contributed by atoms with Crippen LogP contribution in [0.3, 0.4) is 0 Å². The fourth-order valence-electron chi connectivity index (χ4n) is 2.07. The quantitative estimate of drug-likeness (QED) is 0.867. The molecule has 0 radical (unpaired) electrons. The number of aryl methyl sites for hydroxylation is 1. The average molecular weight is 288 g/mol. The number of nitrogens with zero attached hydrogens (tertiary/aromatic N) is 1. The predicted molar refractivity (Wildman–Crippen MR) is 77.2 cm³/mol. The lowest BCUT2D eigenvalue weighted by atomic mass is 10.1. The number of para-hydroxylation sites is 1. The van der Waals surface area contributed by atoms with E-state index in [4.69, 9.17) is 9.84 Å². The molecule has 1 unspecified atom stereocenters. The van der Waals surface area contributed by atoms with Gasteiger partial charge in [0, 0.05) is 18.2 Å². The molecule has 0 bridgehead atoms. The second-order valence-electron chi connectivity index (χ2n) is 4.65. The van der Waals surface area contributed by atoms with E-state index in [9.17, 15) is 9.59 Å². The molecule has 0 aliphatic heterocycles. The Hall–Kier alpha value is -2.47. The summed E-state index contributed by atoms with van der Waals surface area (Å²) in [6.07, 6.45) is 0. The number of benzene rings is 1. The maximum absolute atomic E-state index is 12.3. The Morgan fingerprint density at radius 2 is 2.10 bits per heavy atom. The third-order valence-corrected chi connectivity index (χ3v) is 3.03. The van der Waals surface area contributed by atoms with Crippen LogP contribution in [0.2, 0.25) is 0 Å². The van der Waals surface area contributed by atoms with Gasteiger partial charge in [-0.05, 0) is 19.1 Å². The molecule has 0 fully saturated rings. The minimum Gasteiger partial charge on any atom is -0.480 e. The number of nitrogens with one attached hydrogen (secondary N) is 1. The van der Waals surface area contributed by atoms with E-state index >= 15 is 0 Å². The number of amides is 1. The Morgan fingerprint density at radius 3 is 2.76 bits per heavy atom. The van der Waals surface area contributed by atoms with Crippen LogP contribution in [0.25, 0.3) is 10.9 Å². The third-order valence-electron chi connectivity index (χ3n) is 3.03. The van der Waals surface area contributed by atoms with Gasteiger partial charge in [-0.25, -0.2) is 4.79 Å². The molecule has 1 aromatic carbocycles. The van der Waals surface area contributed by atoms with Gasteiger partial charge in [-0.1, -0.05) is 18.2 Å². The number of hydrogen-bond donors (Lipinski definition) is 2. The van der Waals surface area contributed by atoms with Gasteiger partial charge in [0.05, 0.1) is 17.7 Å². The second-order valence-corrected chi connectivity index (χ2v) is 4.65. The highest BCUT2D eigenvalue weighted by molar-refractivity contribution is 6.07. The molecule has 0 saturated heterocycles. The van der Waals surface area contributed by atoms with Crippen LogP contribution in [0.4, 0.5) is 0 Å². The van der Waals surface area contributed by atoms with Crippen molar-refractivity contribution in [3.8, 4) is 0 Å². The molecule has 6 nitrogen and oxygen atoms in total. The van der Waals surface area contributed by atoms with Crippen molar-refractivity contribution in [2.45, 2.75) is 13.0 Å². The molecule has 0 saturated carbocycles. The van der Waals surface area contributed by atoms with Crippen LogP contribution in [0.15, 0.2) is 30.3 Å². The molecule has 2 N–H and O–H groups in total. The molecule has 0 spiro atoms. The van der Waals surface area contributed by atoms with E-state index in [2.05, 4.69) is 10.3 Å². The van der Waals surface area contributed by atoms with Crippen molar-refractivity contribution in [1.29, 1.82) is 0 Å². The summed E-state index contributed by atoms with van der Waals surface area (Å²) in [5, 5.41) is 12.2. The second kappa shape index (κ2) is 6.32. The van der Waals surface area contributed by atoms with Gasteiger partial charge in [0.25, 0.3) is 5.91 Å². The minimum atomic E-state index is -1.14. The molecule has 1 heterocycles. The van der Waals surface area contributed by atoms with Gasteiger partial charge in [0.2, 0.25) is 0 Å². The van der Waals surface area contributed by atoms with E-state index < -0.39 is 17.9 Å². The van der Waals surface area contributed by atoms with Gasteiger partial charge in [-0.15, -0.1) is 0 Å². The van der Waals surface area contributed by atoms with Gasteiger partial charge in [0.15, 0.2) is 6.04 Å². The first-order chi connectivity index (χ1) is 10.0. The first kappa shape index (κ1) is 14.9. The van der Waals surface area contributed by atoms with Crippen LogP contribution < -0.4 is 5.32 Å². The molecule has 21 heavy (non-hydrogen) atoms. The number of carboxylic acids is 1. The molecule has 2 rings (SSSR count). The number of pyridine rings is 1. The molecule has 6 heteroatoms. The summed E-state index contributed by atoms with van der Waals surface area (Å²) in [5.74, 6) is -1.60. The van der Waals surface area contributed by atoms with Crippen LogP contribution in [-0.4, -0.2) is 41.7 Å². The largest absolute Gasteiger partial charge is 0.480 e. The number of carbonyl (C=O) groups excluding carboxylic acids is 1. The van der Waals surface area contributed by atoms with Crippen molar-refractivity contribution in [2.75, 3.05) is 13.7 Å². The molecular formula is C15H16N2O4. The number of aromatic nitrogens is 1. The number of hydrogen-bond acceptors (Lipinski definition) is 4. The molecule has 0 aliphatic carbocycles. The average Bonchev–Trinajstić information content (AvgIpc) is 2.45. The highest BCUT2D eigenvalue weighted by Crippen LogP contribution is 2.18. The van der Waals surface area contributed by atoms with E-state index in [0.29, 0.717) is 22.2 Å². The highest BCUT2D eigenvalue weighted by Gasteiger charge is 2.21. The Bertz CT molecular complexity index is 684. The summed E-state index contributed by atoms with van der Waals surface area (Å²) in [6, 6.07) is 7.78. The summed E-state index contributed by atoms with van der Waals surface area (Å²) < 4.78 is 4.81. The lowest BCUT2D eigenvalue weighted by Crippen LogP contribution is -2.43. The summed E-state index contributed by atoms with van der Waals surface area (Å²) in [4.78, 5) is 27.8. The van der Waals surface area contributed by atoms with Crippen LogP contribution in [0.5, 0.6) is 0 Å². The Labute approximate surface area is 121 Å². The summed E-state index contributed by atoms with van der Waals surface area (Å²) in [6.45, 7) is 1.69. The third kappa shape index (κ3) is 3.35. The predicted octanol–water partition coefficient (Wildman–Crippen LogP) is 1.37. The van der Waals surface area contributed by atoms with E-state index in [-0.39, 0.29) is 6.61 Å². The summed E-state index contributed by atoms with van der Waals surface area (Å²) in [7, 11) is 1.38. The van der Waals surface area contributed by atoms with E-state index in [1.165, 1.54) is 7.11 Å². The molecule has 1 aromatic heterocycles. The van der Waals surface area contributed by atoms with Crippen LogP contribution >= 0.6 is 0 Å². The Morgan fingerprint density at radius 1 is 1.38 bits per heavy atom. The smallest absolute Gasteiger partial charge is 0.328 e. The maximum Gasteiger partial charge on any atom is 0.328 e. The monoisotopic (exact) mass is 288 g/mol. The normalized spacial score (nSPS) is 12.1. The zero-order valence-electron chi connectivity index (χ0n) is 11.8. The van der Waals surface area contributed by atoms with Crippen LogP contribution in [-0.2, 0) is 9.53 Å². The van der Waals surface area contributed by atoms with Crippen molar-refractivity contribution in [2.24, 2.45) is 0 Å². The van der Waals surface area contributed by atoms with Gasteiger partial charge in [-0.2, -0.15) is 0 Å². The topological polar surface area (TPSA) is 88.5 Å². The maximum atomic E-state index is 12.3. The number of carbonyl (C=O) groups is 2. The number of ether oxygens (including phenoxy) is 1. The number of carboxylic acid groups (broad SMARTS) is 1. The number of aliphatic carboxylic acids is 1. The van der Waals surface area contributed by atoms with E-state index in [1.54, 1.807) is 25.1 Å². The fraction of sp³-hybridized carbons (Fsp3) is 0.267. The standard InChI is InChI=1S/C15H16N2O4/c1-9-7-11(10-5-3-4-6-12(10)16-9)14(18)17-13(8-21-2)15(19)20/h3-7,13H,8H2,1-2H3,(H,17,18)(H,19,20). The first-order valence-corrected chi connectivity index (χ1v) is 6.42. The van der Waals surface area contributed by atoms with Crippen molar-refractivity contribution < 1.29 is 19.4 Å². The van der Waals surface area contributed by atoms with E-state index in [0.717, 1.165) is 0 Å². The van der Waals surface area contributed by atoms with Gasteiger partial charge >= 0.3 is 5.97 Å². The first-order valence-electron chi connectivity index (χ1n) is 6.42. The lowest BCUT2D eigenvalue weighted by Gasteiger charge is -2.14. The van der Waals surface area contributed by atoms with Crippen molar-refractivity contribution in [1.82, 2.24) is 10.3 Å². The zero-order valence-corrected chi connectivity index (χ0v) is 11.8. The molecule has 2 aromatic rings. The highest BCUT2D eigenvalue weighted by atomic mass is 16.5. The lowest BCUT2D eigenvalue weighted by molar-refractivity contribution is -0.140. The Kier molecular flexibility index (Phi) is 4.49. The number of fused-ring (bicyclic) bond motifs is 1. The van der Waals surface area contributed by atoms with Gasteiger partial charge < -0.3 is 15.2 Å². The SMILES string of the molecule is COCC(NC(=O)c1cc(C)nc2ccccc12)C(=O)O. The van der Waals surface area contributed by atoms with Gasteiger partial charge in [0.1, 0.15) is 0 Å². The summed E-state index contributed by atoms with van der Waals surface area (Å²) >= 11 is 0. The molecule has 1 atom stereocenters. The van der Waals surface area contributed by atoms with Gasteiger partial charge in [-0.3, -0.25) is 9.78 Å². The van der Waals surface area contributed by atoms with Crippen molar-refractivity contribution >= 4 is 22.8 Å². The van der Waals surface area contributed by atoms with Crippen molar-refractivity contribution in [3.05, 3.63) is 41.6 Å². The Balaban J connectivity index is 2.37. The fourth-order valence-corrected chi connectivity index (χ4v) is 2.07. The molecule has 1 amide bonds. The van der Waals surface area contributed by atoms with E-state index in [1.807, 2.05) is 12.1 Å². The van der Waals surface area contributed by atoms with Crippen molar-refractivity contribution in [3.63, 3.8) is 0 Å². The summed E-state index contributed by atoms with van der Waals surface area (Å²) in [5.41, 5.74) is 1.79. The number of rotatable bonds is 5. The van der Waals surface area contributed by atoms with Crippen LogP contribution in [0.1, 0.15) is 16.1 Å².